The van der Waals surface area contributed by atoms with Gasteiger partial charge in [-0.25, -0.2) is 0 Å². The molecule has 2 aromatic rings. The van der Waals surface area contributed by atoms with Crippen LogP contribution < -0.4 is 10.1 Å². The fourth-order valence-electron chi connectivity index (χ4n) is 3.90. The Bertz CT molecular complexity index is 760. The van der Waals surface area contributed by atoms with Crippen molar-refractivity contribution in [3.05, 3.63) is 65.2 Å². The summed E-state index contributed by atoms with van der Waals surface area (Å²) in [6.07, 6.45) is 5.18. The van der Waals surface area contributed by atoms with Crippen molar-refractivity contribution in [1.29, 1.82) is 0 Å². The van der Waals surface area contributed by atoms with Gasteiger partial charge in [0, 0.05) is 12.1 Å². The number of rotatable bonds is 7. The van der Waals surface area contributed by atoms with E-state index in [0.717, 1.165) is 18.8 Å². The first kappa shape index (κ1) is 21.4. The van der Waals surface area contributed by atoms with E-state index in [1.807, 2.05) is 38.1 Å². The number of nitrogens with zero attached hydrogens (tertiary/aromatic N) is 1. The first-order valence-corrected chi connectivity index (χ1v) is 10.9. The molecule has 1 saturated heterocycles. The van der Waals surface area contributed by atoms with Crippen molar-refractivity contribution in [2.24, 2.45) is 0 Å². The van der Waals surface area contributed by atoms with Gasteiger partial charge in [-0.1, -0.05) is 42.7 Å². The maximum Gasteiger partial charge on any atom is 0.251 e. The van der Waals surface area contributed by atoms with Gasteiger partial charge < -0.3 is 10.1 Å². The van der Waals surface area contributed by atoms with E-state index in [1.54, 1.807) is 0 Å². The van der Waals surface area contributed by atoms with E-state index in [9.17, 15) is 4.79 Å². The lowest BCUT2D eigenvalue weighted by Crippen LogP contribution is -2.38. The predicted octanol–water partition coefficient (Wildman–Crippen LogP) is 5.13. The SMILES string of the molecule is Cc1ccc([C@H](CNC(=O)c2ccc(OC(C)C)cc2)N2CCCCCC2)cc1. The standard InChI is InChI=1S/C25H34N2O2/c1-19(2)29-23-14-12-22(13-15-23)25(28)26-18-24(21-10-8-20(3)9-11-21)27-16-6-4-5-7-17-27/h8-15,19,24H,4-7,16-18H2,1-3H3,(H,26,28)/t24-/m0/s1. The molecule has 3 rings (SSSR count). The molecule has 1 N–H and O–H groups in total. The molecule has 156 valence electrons. The van der Waals surface area contributed by atoms with Crippen LogP contribution in [0.5, 0.6) is 5.75 Å². The molecular formula is C25H34N2O2. The van der Waals surface area contributed by atoms with E-state index in [-0.39, 0.29) is 18.1 Å². The summed E-state index contributed by atoms with van der Waals surface area (Å²) >= 11 is 0. The van der Waals surface area contributed by atoms with E-state index in [2.05, 4.69) is 41.4 Å². The van der Waals surface area contributed by atoms with Gasteiger partial charge in [0.15, 0.2) is 0 Å². The molecule has 1 heterocycles. The minimum absolute atomic E-state index is 0.0342. The summed E-state index contributed by atoms with van der Waals surface area (Å²) < 4.78 is 5.67. The van der Waals surface area contributed by atoms with Crippen LogP contribution in [0.2, 0.25) is 0 Å². The second-order valence-corrected chi connectivity index (χ2v) is 8.28. The highest BCUT2D eigenvalue weighted by molar-refractivity contribution is 5.94. The first-order valence-electron chi connectivity index (χ1n) is 10.9. The Balaban J connectivity index is 1.68. The van der Waals surface area contributed by atoms with Crippen LogP contribution in [0.15, 0.2) is 48.5 Å². The first-order chi connectivity index (χ1) is 14.0. The normalized spacial score (nSPS) is 16.3. The summed E-state index contributed by atoms with van der Waals surface area (Å²) in [7, 11) is 0. The molecule has 2 aromatic carbocycles. The van der Waals surface area contributed by atoms with Crippen molar-refractivity contribution in [3.63, 3.8) is 0 Å². The molecule has 0 bridgehead atoms. The van der Waals surface area contributed by atoms with Crippen LogP contribution in [0.1, 0.15) is 67.1 Å². The molecule has 1 atom stereocenters. The number of hydrogen-bond donors (Lipinski definition) is 1. The Kier molecular flexibility index (Phi) is 7.70. The van der Waals surface area contributed by atoms with Gasteiger partial charge in [0.2, 0.25) is 0 Å². The van der Waals surface area contributed by atoms with E-state index in [1.165, 1.54) is 36.8 Å². The Hall–Kier alpha value is -2.33. The van der Waals surface area contributed by atoms with E-state index in [0.29, 0.717) is 12.1 Å². The van der Waals surface area contributed by atoms with Crippen LogP contribution in [0.25, 0.3) is 0 Å². The molecule has 0 radical (unpaired) electrons. The summed E-state index contributed by atoms with van der Waals surface area (Å²) in [5, 5.41) is 3.17. The molecule has 29 heavy (non-hydrogen) atoms. The molecule has 0 saturated carbocycles. The van der Waals surface area contributed by atoms with Crippen LogP contribution in [-0.4, -0.2) is 36.5 Å². The van der Waals surface area contributed by atoms with E-state index < -0.39 is 0 Å². The summed E-state index contributed by atoms with van der Waals surface area (Å²) in [6, 6.07) is 16.3. The van der Waals surface area contributed by atoms with Gasteiger partial charge in [0.05, 0.1) is 12.1 Å². The van der Waals surface area contributed by atoms with Gasteiger partial charge in [-0.3, -0.25) is 9.69 Å². The summed E-state index contributed by atoms with van der Waals surface area (Å²) in [4.78, 5) is 15.3. The highest BCUT2D eigenvalue weighted by Crippen LogP contribution is 2.24. The summed E-state index contributed by atoms with van der Waals surface area (Å²) in [5.74, 6) is 0.756. The highest BCUT2D eigenvalue weighted by Gasteiger charge is 2.22. The van der Waals surface area contributed by atoms with Gasteiger partial charge in [0.1, 0.15) is 5.75 Å². The van der Waals surface area contributed by atoms with E-state index in [4.69, 9.17) is 4.74 Å². The molecule has 0 aliphatic carbocycles. The van der Waals surface area contributed by atoms with Crippen LogP contribution in [0, 0.1) is 6.92 Å². The average molecular weight is 395 g/mol. The maximum atomic E-state index is 12.7. The molecule has 0 aromatic heterocycles. The predicted molar refractivity (Wildman–Crippen MR) is 119 cm³/mol. The minimum Gasteiger partial charge on any atom is -0.491 e. The van der Waals surface area contributed by atoms with Gasteiger partial charge >= 0.3 is 0 Å². The van der Waals surface area contributed by atoms with Crippen LogP contribution >= 0.6 is 0 Å². The number of aryl methyl sites for hydroxylation is 1. The monoisotopic (exact) mass is 394 g/mol. The number of hydrogen-bond acceptors (Lipinski definition) is 3. The smallest absolute Gasteiger partial charge is 0.251 e. The molecule has 0 spiro atoms. The molecule has 1 aliphatic rings. The number of amides is 1. The topological polar surface area (TPSA) is 41.6 Å². The van der Waals surface area contributed by atoms with Crippen LogP contribution in [0.4, 0.5) is 0 Å². The van der Waals surface area contributed by atoms with Crippen molar-refractivity contribution < 1.29 is 9.53 Å². The van der Waals surface area contributed by atoms with Crippen molar-refractivity contribution in [1.82, 2.24) is 10.2 Å². The summed E-state index contributed by atoms with van der Waals surface area (Å²) in [5.41, 5.74) is 3.20. The van der Waals surface area contributed by atoms with Crippen molar-refractivity contribution in [2.45, 2.75) is 58.6 Å². The Morgan fingerprint density at radius 2 is 1.59 bits per heavy atom. The largest absolute Gasteiger partial charge is 0.491 e. The van der Waals surface area contributed by atoms with Gasteiger partial charge in [-0.15, -0.1) is 0 Å². The third-order valence-electron chi connectivity index (χ3n) is 5.49. The van der Waals surface area contributed by atoms with Gasteiger partial charge in [-0.2, -0.15) is 0 Å². The Morgan fingerprint density at radius 1 is 0.966 bits per heavy atom. The molecule has 1 fully saturated rings. The molecule has 1 aliphatic heterocycles. The lowest BCUT2D eigenvalue weighted by Gasteiger charge is -2.31. The lowest BCUT2D eigenvalue weighted by atomic mass is 10.0. The fraction of sp³-hybridized carbons (Fsp3) is 0.480. The number of carbonyl (C=O) groups excluding carboxylic acids is 1. The number of likely N-dealkylation sites (tertiary alicyclic amines) is 1. The van der Waals surface area contributed by atoms with Crippen LogP contribution in [0.3, 0.4) is 0 Å². The Morgan fingerprint density at radius 3 is 2.17 bits per heavy atom. The van der Waals surface area contributed by atoms with Crippen molar-refractivity contribution >= 4 is 5.91 Å². The number of ether oxygens (including phenoxy) is 1. The molecule has 0 unspecified atom stereocenters. The van der Waals surface area contributed by atoms with Crippen molar-refractivity contribution in [2.75, 3.05) is 19.6 Å². The quantitative estimate of drug-likeness (QED) is 0.708. The summed E-state index contributed by atoms with van der Waals surface area (Å²) in [6.45, 7) is 8.90. The third kappa shape index (κ3) is 6.33. The second kappa shape index (κ2) is 10.4. The third-order valence-corrected chi connectivity index (χ3v) is 5.49. The molecular weight excluding hydrogens is 360 g/mol. The Labute approximate surface area is 175 Å². The number of benzene rings is 2. The zero-order valence-corrected chi connectivity index (χ0v) is 18.0. The van der Waals surface area contributed by atoms with Gasteiger partial charge in [0.25, 0.3) is 5.91 Å². The van der Waals surface area contributed by atoms with Gasteiger partial charge in [-0.05, 0) is 76.5 Å². The van der Waals surface area contributed by atoms with E-state index >= 15 is 0 Å². The highest BCUT2D eigenvalue weighted by atomic mass is 16.5. The lowest BCUT2D eigenvalue weighted by molar-refractivity contribution is 0.0933. The zero-order valence-electron chi connectivity index (χ0n) is 18.0. The average Bonchev–Trinajstić information content (AvgIpc) is 2.99. The molecule has 4 nitrogen and oxygen atoms in total. The molecule has 1 amide bonds. The number of nitrogens with one attached hydrogen (secondary N) is 1. The zero-order chi connectivity index (χ0) is 20.6. The maximum absolute atomic E-state index is 12.7. The minimum atomic E-state index is -0.0342. The second-order valence-electron chi connectivity index (χ2n) is 8.28. The van der Waals surface area contributed by atoms with Crippen molar-refractivity contribution in [3.8, 4) is 5.75 Å². The van der Waals surface area contributed by atoms with Crippen LogP contribution in [-0.2, 0) is 0 Å². The molecule has 4 heteroatoms. The number of carbonyl (C=O) groups is 1. The fourth-order valence-corrected chi connectivity index (χ4v) is 3.90.